The minimum absolute atomic E-state index is 0.681. The van der Waals surface area contributed by atoms with Crippen LogP contribution < -0.4 is 5.32 Å². The van der Waals surface area contributed by atoms with Gasteiger partial charge >= 0.3 is 0 Å². The highest BCUT2D eigenvalue weighted by Crippen LogP contribution is 2.22. The molecule has 0 aliphatic rings. The summed E-state index contributed by atoms with van der Waals surface area (Å²) in [4.78, 5) is 13.6. The van der Waals surface area contributed by atoms with Crippen molar-refractivity contribution in [2.45, 2.75) is 27.2 Å². The fraction of sp³-hybridized carbons (Fsp3) is 0.357. The number of aryl methyl sites for hydroxylation is 2. The van der Waals surface area contributed by atoms with Gasteiger partial charge in [-0.1, -0.05) is 13.0 Å². The van der Waals surface area contributed by atoms with Gasteiger partial charge in [-0.05, 0) is 55.0 Å². The Morgan fingerprint density at radius 3 is 2.63 bits per heavy atom. The molecule has 0 aliphatic heterocycles. The van der Waals surface area contributed by atoms with E-state index in [9.17, 15) is 0 Å². The van der Waals surface area contributed by atoms with Crippen LogP contribution in [0.3, 0.4) is 0 Å². The molecule has 0 unspecified atom stereocenters. The summed E-state index contributed by atoms with van der Waals surface area (Å²) in [6, 6.07) is 5.89. The second-order valence-corrected chi connectivity index (χ2v) is 5.46. The van der Waals surface area contributed by atoms with Crippen LogP contribution in [0, 0.1) is 17.4 Å². The SMILES string of the molecule is CCCNc1nc(-c2cccc(C)n2)nc(C)c1I. The highest BCUT2D eigenvalue weighted by Gasteiger charge is 2.11. The average Bonchev–Trinajstić information content (AvgIpc) is 2.40. The van der Waals surface area contributed by atoms with E-state index < -0.39 is 0 Å². The Hall–Kier alpha value is -1.24. The Bertz CT molecular complexity index is 584. The number of hydrogen-bond donors (Lipinski definition) is 1. The van der Waals surface area contributed by atoms with Crippen molar-refractivity contribution in [2.75, 3.05) is 11.9 Å². The molecular formula is C14H17IN4. The van der Waals surface area contributed by atoms with E-state index in [0.717, 1.165) is 39.4 Å². The van der Waals surface area contributed by atoms with Gasteiger partial charge in [0.05, 0.1) is 9.26 Å². The molecule has 2 rings (SSSR count). The number of rotatable bonds is 4. The maximum absolute atomic E-state index is 4.59. The average molecular weight is 368 g/mol. The van der Waals surface area contributed by atoms with Crippen LogP contribution in [0.4, 0.5) is 5.82 Å². The second kappa shape index (κ2) is 6.27. The van der Waals surface area contributed by atoms with E-state index in [1.807, 2.05) is 32.0 Å². The van der Waals surface area contributed by atoms with Gasteiger partial charge in [0.1, 0.15) is 11.5 Å². The van der Waals surface area contributed by atoms with Crippen molar-refractivity contribution in [2.24, 2.45) is 0 Å². The van der Waals surface area contributed by atoms with Crippen molar-refractivity contribution >= 4 is 28.4 Å². The van der Waals surface area contributed by atoms with Crippen LogP contribution >= 0.6 is 22.6 Å². The lowest BCUT2D eigenvalue weighted by Crippen LogP contribution is -2.08. The Kier molecular flexibility index (Phi) is 4.68. The number of nitrogens with one attached hydrogen (secondary N) is 1. The molecule has 0 aliphatic carbocycles. The first-order chi connectivity index (χ1) is 9.11. The number of hydrogen-bond acceptors (Lipinski definition) is 4. The van der Waals surface area contributed by atoms with Gasteiger partial charge in [-0.2, -0.15) is 0 Å². The normalized spacial score (nSPS) is 10.5. The largest absolute Gasteiger partial charge is 0.369 e. The molecule has 2 heterocycles. The third-order valence-corrected chi connectivity index (χ3v) is 3.97. The van der Waals surface area contributed by atoms with E-state index >= 15 is 0 Å². The predicted octanol–water partition coefficient (Wildman–Crippen LogP) is 3.58. The van der Waals surface area contributed by atoms with Gasteiger partial charge in [0.25, 0.3) is 0 Å². The Balaban J connectivity index is 2.44. The van der Waals surface area contributed by atoms with E-state index in [1.54, 1.807) is 0 Å². The predicted molar refractivity (Wildman–Crippen MR) is 86.2 cm³/mol. The molecule has 0 radical (unpaired) electrons. The fourth-order valence-corrected chi connectivity index (χ4v) is 2.13. The first kappa shape index (κ1) is 14.2. The van der Waals surface area contributed by atoms with Gasteiger partial charge in [0, 0.05) is 12.2 Å². The molecule has 0 atom stereocenters. The van der Waals surface area contributed by atoms with Gasteiger partial charge in [-0.15, -0.1) is 0 Å². The molecule has 19 heavy (non-hydrogen) atoms. The van der Waals surface area contributed by atoms with Gasteiger partial charge in [-0.3, -0.25) is 0 Å². The summed E-state index contributed by atoms with van der Waals surface area (Å²) in [5.74, 6) is 1.58. The van der Waals surface area contributed by atoms with Gasteiger partial charge < -0.3 is 5.32 Å². The lowest BCUT2D eigenvalue weighted by molar-refractivity contribution is 0.956. The topological polar surface area (TPSA) is 50.7 Å². The smallest absolute Gasteiger partial charge is 0.180 e. The summed E-state index contributed by atoms with van der Waals surface area (Å²) in [6.07, 6.45) is 1.07. The number of anilines is 1. The molecule has 0 amide bonds. The number of aromatic nitrogens is 3. The third kappa shape index (κ3) is 3.40. The van der Waals surface area contributed by atoms with Crippen LogP contribution in [0.5, 0.6) is 0 Å². The van der Waals surface area contributed by atoms with E-state index in [4.69, 9.17) is 0 Å². The van der Waals surface area contributed by atoms with Crippen molar-refractivity contribution in [1.29, 1.82) is 0 Å². The van der Waals surface area contributed by atoms with Gasteiger partial charge in [0.2, 0.25) is 0 Å². The third-order valence-electron chi connectivity index (χ3n) is 2.68. The van der Waals surface area contributed by atoms with E-state index in [-0.39, 0.29) is 0 Å². The summed E-state index contributed by atoms with van der Waals surface area (Å²) in [5, 5.41) is 3.34. The quantitative estimate of drug-likeness (QED) is 0.839. The van der Waals surface area contributed by atoms with Crippen molar-refractivity contribution < 1.29 is 0 Å². The number of nitrogens with zero attached hydrogens (tertiary/aromatic N) is 3. The first-order valence-electron chi connectivity index (χ1n) is 6.34. The molecular weight excluding hydrogens is 351 g/mol. The highest BCUT2D eigenvalue weighted by atomic mass is 127. The summed E-state index contributed by atoms with van der Waals surface area (Å²) in [5.41, 5.74) is 2.77. The summed E-state index contributed by atoms with van der Waals surface area (Å²) >= 11 is 2.28. The van der Waals surface area contributed by atoms with Crippen molar-refractivity contribution in [1.82, 2.24) is 15.0 Å². The zero-order valence-corrected chi connectivity index (χ0v) is 13.5. The maximum Gasteiger partial charge on any atom is 0.180 e. The Morgan fingerprint density at radius 2 is 1.95 bits per heavy atom. The van der Waals surface area contributed by atoms with Crippen molar-refractivity contribution in [3.8, 4) is 11.5 Å². The van der Waals surface area contributed by atoms with Crippen LogP contribution in [0.2, 0.25) is 0 Å². The van der Waals surface area contributed by atoms with Crippen LogP contribution in [-0.2, 0) is 0 Å². The summed E-state index contributed by atoms with van der Waals surface area (Å²) in [7, 11) is 0. The molecule has 1 N–H and O–H groups in total. The van der Waals surface area contributed by atoms with E-state index in [1.165, 1.54) is 0 Å². The molecule has 5 heteroatoms. The molecule has 0 fully saturated rings. The minimum atomic E-state index is 0.681. The molecule has 0 bridgehead atoms. The molecule has 0 saturated heterocycles. The summed E-state index contributed by atoms with van der Waals surface area (Å²) < 4.78 is 1.07. The van der Waals surface area contributed by atoms with Gasteiger partial charge in [0.15, 0.2) is 5.82 Å². The fourth-order valence-electron chi connectivity index (χ4n) is 1.70. The molecule has 2 aromatic rings. The van der Waals surface area contributed by atoms with Crippen LogP contribution in [-0.4, -0.2) is 21.5 Å². The van der Waals surface area contributed by atoms with E-state index in [2.05, 4.69) is 49.8 Å². The highest BCUT2D eigenvalue weighted by molar-refractivity contribution is 14.1. The maximum atomic E-state index is 4.59. The van der Waals surface area contributed by atoms with Gasteiger partial charge in [-0.25, -0.2) is 15.0 Å². The number of pyridine rings is 1. The second-order valence-electron chi connectivity index (χ2n) is 4.39. The van der Waals surface area contributed by atoms with E-state index in [0.29, 0.717) is 5.82 Å². The summed E-state index contributed by atoms with van der Waals surface area (Å²) in [6.45, 7) is 7.02. The zero-order valence-electron chi connectivity index (χ0n) is 11.4. The van der Waals surface area contributed by atoms with Crippen molar-refractivity contribution in [3.63, 3.8) is 0 Å². The zero-order chi connectivity index (χ0) is 13.8. The van der Waals surface area contributed by atoms with Crippen LogP contribution in [0.25, 0.3) is 11.5 Å². The molecule has 0 aromatic carbocycles. The van der Waals surface area contributed by atoms with Crippen LogP contribution in [0.15, 0.2) is 18.2 Å². The Morgan fingerprint density at radius 1 is 1.16 bits per heavy atom. The molecule has 2 aromatic heterocycles. The molecule has 0 saturated carbocycles. The molecule has 4 nitrogen and oxygen atoms in total. The lowest BCUT2D eigenvalue weighted by Gasteiger charge is -2.10. The van der Waals surface area contributed by atoms with Crippen LogP contribution in [0.1, 0.15) is 24.7 Å². The molecule has 100 valence electrons. The molecule has 0 spiro atoms. The first-order valence-corrected chi connectivity index (χ1v) is 7.41. The standard InChI is InChI=1S/C14H17IN4/c1-4-8-16-14-12(15)10(3)18-13(19-14)11-7-5-6-9(2)17-11/h5-7H,4,8H2,1-3H3,(H,16,18,19). The Labute approximate surface area is 127 Å². The minimum Gasteiger partial charge on any atom is -0.369 e. The van der Waals surface area contributed by atoms with Crippen molar-refractivity contribution in [3.05, 3.63) is 33.2 Å². The monoisotopic (exact) mass is 368 g/mol. The lowest BCUT2D eigenvalue weighted by atomic mass is 10.3. The number of halogens is 1.